The van der Waals surface area contributed by atoms with E-state index >= 15 is 0 Å². The molecule has 0 N–H and O–H groups in total. The summed E-state index contributed by atoms with van der Waals surface area (Å²) in [4.78, 5) is 28.9. The van der Waals surface area contributed by atoms with Gasteiger partial charge in [0.15, 0.2) is 11.6 Å². The van der Waals surface area contributed by atoms with Gasteiger partial charge in [-0.25, -0.2) is 29.9 Å². The van der Waals surface area contributed by atoms with E-state index in [1.54, 1.807) is 12.4 Å². The van der Waals surface area contributed by atoms with Gasteiger partial charge in [-0.15, -0.1) is 0 Å². The number of aromatic nitrogens is 6. The van der Waals surface area contributed by atoms with Crippen molar-refractivity contribution in [2.45, 2.75) is 0 Å². The van der Waals surface area contributed by atoms with Crippen LogP contribution in [0.4, 0.5) is 0 Å². The molecule has 0 spiro atoms. The summed E-state index contributed by atoms with van der Waals surface area (Å²) in [5.41, 5.74) is 10.3. The summed E-state index contributed by atoms with van der Waals surface area (Å²) in [7, 11) is 0. The summed E-state index contributed by atoms with van der Waals surface area (Å²) in [5, 5.41) is 1.92. The molecule has 0 atom stereocenters. The number of pyridine rings is 2. The zero-order valence-corrected chi connectivity index (χ0v) is 26.1. The monoisotopic (exact) mass is 630 g/mol. The molecule has 9 rings (SSSR count). The van der Waals surface area contributed by atoms with Crippen LogP contribution in [0.3, 0.4) is 0 Å². The lowest BCUT2D eigenvalue weighted by atomic mass is 10.1. The van der Waals surface area contributed by atoms with Crippen molar-refractivity contribution >= 4 is 21.9 Å². The van der Waals surface area contributed by atoms with Crippen molar-refractivity contribution in [1.29, 1.82) is 0 Å². The molecule has 0 radical (unpaired) electrons. The third kappa shape index (κ3) is 5.49. The predicted molar refractivity (Wildman–Crippen MR) is 193 cm³/mol. The van der Waals surface area contributed by atoms with Crippen molar-refractivity contribution in [3.63, 3.8) is 0 Å². The molecule has 230 valence electrons. The third-order valence-corrected chi connectivity index (χ3v) is 8.46. The third-order valence-electron chi connectivity index (χ3n) is 8.46. The van der Waals surface area contributed by atoms with Crippen molar-refractivity contribution in [1.82, 2.24) is 29.9 Å². The minimum absolute atomic E-state index is 0.609. The van der Waals surface area contributed by atoms with E-state index in [1.165, 1.54) is 0 Å². The normalized spacial score (nSPS) is 11.3. The molecule has 5 aromatic heterocycles. The van der Waals surface area contributed by atoms with Crippen LogP contribution in [-0.2, 0) is 0 Å². The number of nitrogens with zero attached hydrogens (tertiary/aromatic N) is 6. The van der Waals surface area contributed by atoms with E-state index in [4.69, 9.17) is 24.4 Å². The maximum absolute atomic E-state index is 6.23. The fraction of sp³-hybridized carbons (Fsp3) is 0. The van der Waals surface area contributed by atoms with Gasteiger partial charge in [-0.05, 0) is 72.8 Å². The van der Waals surface area contributed by atoms with E-state index in [9.17, 15) is 0 Å². The van der Waals surface area contributed by atoms with Gasteiger partial charge in [0.05, 0.1) is 34.2 Å². The number of fused-ring (bicyclic) bond motifs is 3. The Labute approximate surface area is 281 Å². The molecule has 0 bridgehead atoms. The molecule has 0 aliphatic carbocycles. The molecule has 0 unspecified atom stereocenters. The molecule has 7 nitrogen and oxygen atoms in total. The quantitative estimate of drug-likeness (QED) is 0.181. The average molecular weight is 631 g/mol. The van der Waals surface area contributed by atoms with Gasteiger partial charge in [0, 0.05) is 45.4 Å². The summed E-state index contributed by atoms with van der Waals surface area (Å²) in [6.07, 6.45) is 3.55. The summed E-state index contributed by atoms with van der Waals surface area (Å²) in [5.74, 6) is 1.22. The van der Waals surface area contributed by atoms with Crippen LogP contribution in [0.1, 0.15) is 0 Å². The lowest BCUT2D eigenvalue weighted by molar-refractivity contribution is 0.669. The van der Waals surface area contributed by atoms with E-state index in [0.29, 0.717) is 11.6 Å². The molecule has 0 saturated heterocycles. The van der Waals surface area contributed by atoms with Gasteiger partial charge in [0.1, 0.15) is 11.2 Å². The topological polar surface area (TPSA) is 90.5 Å². The SMILES string of the molecule is c1ccc(-c2cccc(-c3ccnc(-c4ccc5oc6ccc(-c7nccc(-c8cccc(-c9ccccc9)n8)n7)cc6c5c4)n3)n2)cc1. The molecule has 0 aliphatic rings. The highest BCUT2D eigenvalue weighted by molar-refractivity contribution is 6.07. The Morgan fingerprint density at radius 1 is 0.327 bits per heavy atom. The first-order chi connectivity index (χ1) is 24.2. The van der Waals surface area contributed by atoms with Crippen molar-refractivity contribution in [3.8, 4) is 68.1 Å². The highest BCUT2D eigenvalue weighted by Gasteiger charge is 2.14. The van der Waals surface area contributed by atoms with Gasteiger partial charge < -0.3 is 4.42 Å². The van der Waals surface area contributed by atoms with E-state index in [2.05, 4.69) is 46.4 Å². The maximum atomic E-state index is 6.23. The molecule has 7 heteroatoms. The van der Waals surface area contributed by atoms with Crippen LogP contribution in [0.5, 0.6) is 0 Å². The average Bonchev–Trinajstić information content (AvgIpc) is 3.56. The van der Waals surface area contributed by atoms with E-state index in [-0.39, 0.29) is 0 Å². The lowest BCUT2D eigenvalue weighted by Crippen LogP contribution is -1.94. The second-order valence-corrected chi connectivity index (χ2v) is 11.6. The second-order valence-electron chi connectivity index (χ2n) is 11.6. The molecule has 0 amide bonds. The van der Waals surface area contributed by atoms with Crippen molar-refractivity contribution in [3.05, 3.63) is 158 Å². The van der Waals surface area contributed by atoms with Gasteiger partial charge in [-0.2, -0.15) is 0 Å². The summed E-state index contributed by atoms with van der Waals surface area (Å²) in [6.45, 7) is 0. The molecule has 5 heterocycles. The molecule has 0 fully saturated rings. The molecule has 49 heavy (non-hydrogen) atoms. The molecule has 0 aliphatic heterocycles. The van der Waals surface area contributed by atoms with Gasteiger partial charge in [-0.1, -0.05) is 72.8 Å². The van der Waals surface area contributed by atoms with Crippen LogP contribution in [0, 0.1) is 0 Å². The van der Waals surface area contributed by atoms with Crippen LogP contribution < -0.4 is 0 Å². The smallest absolute Gasteiger partial charge is 0.159 e. The number of furan rings is 1. The Kier molecular flexibility index (Phi) is 6.98. The summed E-state index contributed by atoms with van der Waals surface area (Å²) in [6, 6.07) is 48.1. The minimum Gasteiger partial charge on any atom is -0.456 e. The van der Waals surface area contributed by atoms with Crippen molar-refractivity contribution in [2.24, 2.45) is 0 Å². The van der Waals surface area contributed by atoms with Crippen LogP contribution in [-0.4, -0.2) is 29.9 Å². The molecular formula is C42H26N6O. The maximum Gasteiger partial charge on any atom is 0.159 e. The number of rotatable bonds is 6. The van der Waals surface area contributed by atoms with E-state index < -0.39 is 0 Å². The van der Waals surface area contributed by atoms with Gasteiger partial charge >= 0.3 is 0 Å². The Bertz CT molecular complexity index is 2440. The zero-order chi connectivity index (χ0) is 32.6. The Balaban J connectivity index is 1.06. The highest BCUT2D eigenvalue weighted by Crippen LogP contribution is 2.34. The first-order valence-electron chi connectivity index (χ1n) is 15.9. The summed E-state index contributed by atoms with van der Waals surface area (Å²) >= 11 is 0. The largest absolute Gasteiger partial charge is 0.456 e. The van der Waals surface area contributed by atoms with Crippen LogP contribution in [0.15, 0.2) is 162 Å². The first kappa shape index (κ1) is 28.4. The van der Waals surface area contributed by atoms with Crippen LogP contribution in [0.2, 0.25) is 0 Å². The molecule has 0 saturated carbocycles. The first-order valence-corrected chi connectivity index (χ1v) is 15.9. The fourth-order valence-electron chi connectivity index (χ4n) is 6.03. The lowest BCUT2D eigenvalue weighted by Gasteiger charge is -2.07. The summed E-state index contributed by atoms with van der Waals surface area (Å²) < 4.78 is 6.23. The van der Waals surface area contributed by atoms with E-state index in [1.807, 2.05) is 109 Å². The number of benzene rings is 4. The highest BCUT2D eigenvalue weighted by atomic mass is 16.3. The van der Waals surface area contributed by atoms with Gasteiger partial charge in [-0.3, -0.25) is 0 Å². The predicted octanol–water partition coefficient (Wildman–Crippen LogP) is 9.96. The minimum atomic E-state index is 0.609. The Hall–Kier alpha value is -6.86. The van der Waals surface area contributed by atoms with Crippen LogP contribution in [0.25, 0.3) is 90.0 Å². The van der Waals surface area contributed by atoms with Gasteiger partial charge in [0.25, 0.3) is 0 Å². The standard InChI is InChI=1S/C42H26N6O/c1-3-9-27(10-4-1)33-13-7-15-35(45-33)37-21-23-43-41(47-37)29-17-19-39-31(25-29)32-26-30(18-20-40(32)49-39)42-44-24-22-38(48-42)36-16-8-14-34(46-36)28-11-5-2-6-12-28/h1-26H. The molecular weight excluding hydrogens is 605 g/mol. The number of hydrogen-bond acceptors (Lipinski definition) is 7. The zero-order valence-electron chi connectivity index (χ0n) is 26.1. The molecule has 9 aromatic rings. The second kappa shape index (κ2) is 12.1. The fourth-order valence-corrected chi connectivity index (χ4v) is 6.03. The van der Waals surface area contributed by atoms with Crippen molar-refractivity contribution < 1.29 is 4.42 Å². The van der Waals surface area contributed by atoms with Crippen molar-refractivity contribution in [2.75, 3.05) is 0 Å². The Morgan fingerprint density at radius 3 is 1.22 bits per heavy atom. The van der Waals surface area contributed by atoms with Gasteiger partial charge in [0.2, 0.25) is 0 Å². The number of hydrogen-bond donors (Lipinski definition) is 0. The van der Waals surface area contributed by atoms with Crippen LogP contribution >= 0.6 is 0 Å². The van der Waals surface area contributed by atoms with E-state index in [0.717, 1.165) is 78.4 Å². The molecule has 4 aromatic carbocycles. The Morgan fingerprint density at radius 2 is 0.755 bits per heavy atom.